The number of fused-ring (bicyclic) bond motifs is 2. The molecular weight excluding hydrogens is 276 g/mol. The van der Waals surface area contributed by atoms with E-state index < -0.39 is 5.41 Å². The van der Waals surface area contributed by atoms with E-state index in [-0.39, 0.29) is 16.7 Å². The first-order valence-electron chi connectivity index (χ1n) is 7.86. The van der Waals surface area contributed by atoms with Gasteiger partial charge in [-0.15, -0.1) is 0 Å². The zero-order valence-corrected chi connectivity index (χ0v) is 13.7. The zero-order valence-electron chi connectivity index (χ0n) is 13.7. The van der Waals surface area contributed by atoms with Gasteiger partial charge in [-0.1, -0.05) is 38.1 Å². The largest absolute Gasteiger partial charge is 0.411 e. The summed E-state index contributed by atoms with van der Waals surface area (Å²) >= 11 is 0. The van der Waals surface area contributed by atoms with E-state index in [1.54, 1.807) is 0 Å². The first-order chi connectivity index (χ1) is 10.3. The van der Waals surface area contributed by atoms with Crippen molar-refractivity contribution in [2.24, 2.45) is 21.4 Å². The average Bonchev–Trinajstić information content (AvgIpc) is 2.77. The third-order valence-electron chi connectivity index (χ3n) is 6.57. The highest BCUT2D eigenvalue weighted by atomic mass is 16.4. The highest BCUT2D eigenvalue weighted by Crippen LogP contribution is 2.71. The fourth-order valence-corrected chi connectivity index (χ4v) is 4.51. The van der Waals surface area contributed by atoms with Crippen molar-refractivity contribution >= 4 is 17.3 Å². The molecule has 22 heavy (non-hydrogen) atoms. The van der Waals surface area contributed by atoms with Crippen LogP contribution in [0.15, 0.2) is 29.4 Å². The summed E-state index contributed by atoms with van der Waals surface area (Å²) in [5.74, 6) is 0.0467. The number of carbonyl (C=O) groups is 1. The van der Waals surface area contributed by atoms with Crippen molar-refractivity contribution in [2.45, 2.75) is 47.0 Å². The number of hydrogen-bond donors (Lipinski definition) is 2. The van der Waals surface area contributed by atoms with Crippen LogP contribution in [0.3, 0.4) is 0 Å². The molecule has 1 aromatic rings. The van der Waals surface area contributed by atoms with Gasteiger partial charge < -0.3 is 10.5 Å². The molecule has 1 aromatic carbocycles. The predicted octanol–water partition coefficient (Wildman–Crippen LogP) is 3.98. The van der Waals surface area contributed by atoms with Crippen LogP contribution < -0.4 is 5.32 Å². The molecular formula is C18H24N2O2. The van der Waals surface area contributed by atoms with Gasteiger partial charge in [-0.05, 0) is 42.9 Å². The number of hydrogen-bond acceptors (Lipinski definition) is 3. The highest BCUT2D eigenvalue weighted by Gasteiger charge is 2.71. The predicted molar refractivity (Wildman–Crippen MR) is 87.2 cm³/mol. The van der Waals surface area contributed by atoms with Crippen molar-refractivity contribution < 1.29 is 10.0 Å². The van der Waals surface area contributed by atoms with Crippen LogP contribution >= 0.6 is 0 Å². The zero-order chi connectivity index (χ0) is 16.2. The van der Waals surface area contributed by atoms with Crippen molar-refractivity contribution in [2.75, 3.05) is 5.32 Å². The van der Waals surface area contributed by atoms with E-state index in [9.17, 15) is 10.0 Å². The number of aryl methyl sites for hydroxylation is 1. The maximum Gasteiger partial charge on any atom is 0.231 e. The molecule has 2 saturated carbocycles. The Morgan fingerprint density at radius 1 is 1.27 bits per heavy atom. The van der Waals surface area contributed by atoms with Gasteiger partial charge >= 0.3 is 0 Å². The third kappa shape index (κ3) is 1.70. The lowest BCUT2D eigenvalue weighted by atomic mass is 9.64. The molecule has 2 atom stereocenters. The Kier molecular flexibility index (Phi) is 3.13. The van der Waals surface area contributed by atoms with Gasteiger partial charge in [0.2, 0.25) is 5.91 Å². The smallest absolute Gasteiger partial charge is 0.231 e. The fraction of sp³-hybridized carbons (Fsp3) is 0.556. The van der Waals surface area contributed by atoms with Crippen LogP contribution in [0.4, 0.5) is 5.69 Å². The Labute approximate surface area is 131 Å². The summed E-state index contributed by atoms with van der Waals surface area (Å²) in [6, 6.07) is 7.85. The SMILES string of the molecule is Cc1cccc(NC(=O)[C@@]23CC[C@@](C)(/C(=N\O)C2)C3(C)C)c1. The first kappa shape index (κ1) is 15.1. The Hall–Kier alpha value is -1.84. The normalized spacial score (nSPS) is 34.1. The van der Waals surface area contributed by atoms with Gasteiger partial charge in [-0.25, -0.2) is 0 Å². The van der Waals surface area contributed by atoms with Gasteiger partial charge in [0.15, 0.2) is 0 Å². The van der Waals surface area contributed by atoms with Crippen molar-refractivity contribution in [1.29, 1.82) is 0 Å². The molecule has 4 nitrogen and oxygen atoms in total. The van der Waals surface area contributed by atoms with Crippen LogP contribution in [0, 0.1) is 23.2 Å². The van der Waals surface area contributed by atoms with Crippen molar-refractivity contribution in [3.63, 3.8) is 0 Å². The molecule has 4 heteroatoms. The lowest BCUT2D eigenvalue weighted by Gasteiger charge is -2.39. The maximum atomic E-state index is 13.1. The van der Waals surface area contributed by atoms with Crippen molar-refractivity contribution in [3.8, 4) is 0 Å². The number of amides is 1. The number of carbonyl (C=O) groups excluding carboxylic acids is 1. The van der Waals surface area contributed by atoms with Crippen LogP contribution in [-0.4, -0.2) is 16.8 Å². The quantitative estimate of drug-likeness (QED) is 0.641. The van der Waals surface area contributed by atoms with Crippen LogP contribution in [-0.2, 0) is 4.79 Å². The van der Waals surface area contributed by atoms with Gasteiger partial charge in [0.1, 0.15) is 0 Å². The molecule has 2 N–H and O–H groups in total. The Morgan fingerprint density at radius 2 is 2.00 bits per heavy atom. The minimum Gasteiger partial charge on any atom is -0.411 e. The second kappa shape index (κ2) is 4.58. The Balaban J connectivity index is 1.95. The molecule has 2 aliphatic carbocycles. The van der Waals surface area contributed by atoms with E-state index in [2.05, 4.69) is 31.2 Å². The lowest BCUT2D eigenvalue weighted by Crippen LogP contribution is -2.43. The van der Waals surface area contributed by atoms with Gasteiger partial charge in [0.05, 0.1) is 11.1 Å². The summed E-state index contributed by atoms with van der Waals surface area (Å²) < 4.78 is 0. The number of nitrogens with one attached hydrogen (secondary N) is 1. The van der Waals surface area contributed by atoms with E-state index in [0.717, 1.165) is 29.8 Å². The van der Waals surface area contributed by atoms with Crippen LogP contribution in [0.5, 0.6) is 0 Å². The van der Waals surface area contributed by atoms with E-state index in [0.29, 0.717) is 6.42 Å². The number of rotatable bonds is 2. The molecule has 0 aromatic heterocycles. The molecule has 118 valence electrons. The second-order valence-corrected chi connectivity index (χ2v) is 7.59. The van der Waals surface area contributed by atoms with E-state index >= 15 is 0 Å². The average molecular weight is 300 g/mol. The number of nitrogens with zero attached hydrogens (tertiary/aromatic N) is 1. The number of anilines is 1. The summed E-state index contributed by atoms with van der Waals surface area (Å²) in [7, 11) is 0. The molecule has 2 fully saturated rings. The molecule has 0 spiro atoms. The Morgan fingerprint density at radius 3 is 2.59 bits per heavy atom. The topological polar surface area (TPSA) is 61.7 Å². The summed E-state index contributed by atoms with van der Waals surface area (Å²) in [6.45, 7) is 8.40. The fourth-order valence-electron chi connectivity index (χ4n) is 4.51. The highest BCUT2D eigenvalue weighted by molar-refractivity contribution is 6.06. The van der Waals surface area contributed by atoms with Crippen LogP contribution in [0.25, 0.3) is 0 Å². The molecule has 3 rings (SSSR count). The summed E-state index contributed by atoms with van der Waals surface area (Å²) in [5, 5.41) is 16.0. The van der Waals surface area contributed by atoms with Crippen LogP contribution in [0.2, 0.25) is 0 Å². The molecule has 0 heterocycles. The summed E-state index contributed by atoms with van der Waals surface area (Å²) in [5.41, 5.74) is 1.80. The maximum absolute atomic E-state index is 13.1. The van der Waals surface area contributed by atoms with Crippen molar-refractivity contribution in [3.05, 3.63) is 29.8 Å². The molecule has 0 unspecified atom stereocenters. The second-order valence-electron chi connectivity index (χ2n) is 7.59. The molecule has 0 aliphatic heterocycles. The van der Waals surface area contributed by atoms with Crippen molar-refractivity contribution in [1.82, 2.24) is 0 Å². The number of oxime groups is 1. The third-order valence-corrected chi connectivity index (χ3v) is 6.57. The van der Waals surface area contributed by atoms with Gasteiger partial charge in [0, 0.05) is 17.5 Å². The van der Waals surface area contributed by atoms with Gasteiger partial charge in [0.25, 0.3) is 0 Å². The molecule has 2 bridgehead atoms. The molecule has 0 saturated heterocycles. The lowest BCUT2D eigenvalue weighted by molar-refractivity contribution is -0.130. The summed E-state index contributed by atoms with van der Waals surface area (Å²) in [6.07, 6.45) is 2.28. The molecule has 1 amide bonds. The molecule has 0 radical (unpaired) electrons. The minimum atomic E-state index is -0.493. The van der Waals surface area contributed by atoms with Gasteiger partial charge in [-0.2, -0.15) is 0 Å². The standard InChI is InChI=1S/C18H24N2O2/c1-12-6-5-7-13(10-12)19-15(21)18-9-8-17(4,16(18,2)3)14(11-18)20-22/h5-7,10,22H,8-9,11H2,1-4H3,(H,19,21)/b20-14-/t17-,18+/m0/s1. The van der Waals surface area contributed by atoms with E-state index in [1.165, 1.54) is 0 Å². The first-order valence-corrected chi connectivity index (χ1v) is 7.86. The Bertz CT molecular complexity index is 665. The van der Waals surface area contributed by atoms with E-state index in [4.69, 9.17) is 0 Å². The minimum absolute atomic E-state index is 0.0467. The van der Waals surface area contributed by atoms with E-state index in [1.807, 2.05) is 31.2 Å². The summed E-state index contributed by atoms with van der Waals surface area (Å²) in [4.78, 5) is 13.1. The van der Waals surface area contributed by atoms with Gasteiger partial charge in [-0.3, -0.25) is 4.79 Å². The number of benzene rings is 1. The van der Waals surface area contributed by atoms with Crippen LogP contribution in [0.1, 0.15) is 45.6 Å². The molecule has 2 aliphatic rings. The monoisotopic (exact) mass is 300 g/mol.